The first-order valence-corrected chi connectivity index (χ1v) is 21.4. The van der Waals surface area contributed by atoms with E-state index in [0.29, 0.717) is 18.9 Å². The van der Waals surface area contributed by atoms with Crippen LogP contribution in [0.1, 0.15) is 130 Å². The molecule has 4 fully saturated rings. The van der Waals surface area contributed by atoms with Crippen LogP contribution >= 0.6 is 0 Å². The normalized spacial score (nSPS) is 38.0. The minimum absolute atomic E-state index is 0.0220. The number of Topliss-reactive ketones (excluding diaryl/α,β-unsaturated/α-hetero) is 1. The van der Waals surface area contributed by atoms with E-state index in [0.717, 1.165) is 62.5 Å². The van der Waals surface area contributed by atoms with Crippen LogP contribution in [0.15, 0.2) is 72.3 Å². The fourth-order valence-electron chi connectivity index (χ4n) is 13.2. The van der Waals surface area contributed by atoms with Gasteiger partial charge in [-0.1, -0.05) is 108 Å². The first-order chi connectivity index (χ1) is 26.4. The highest BCUT2D eigenvalue weighted by molar-refractivity contribution is 5.95. The molecule has 304 valence electrons. The topological polar surface area (TPSA) is 102 Å². The molecule has 7 rings (SSSR count). The molecule has 1 unspecified atom stereocenters. The summed E-state index contributed by atoms with van der Waals surface area (Å²) in [7, 11) is 0. The molecule has 7 nitrogen and oxygen atoms in total. The van der Waals surface area contributed by atoms with E-state index in [1.807, 2.05) is 60.7 Å². The van der Waals surface area contributed by atoms with E-state index in [-0.39, 0.29) is 75.7 Å². The molecule has 56 heavy (non-hydrogen) atoms. The third-order valence-corrected chi connectivity index (χ3v) is 16.7. The van der Waals surface area contributed by atoms with Crippen LogP contribution in [0.5, 0.6) is 0 Å². The Labute approximate surface area is 335 Å². The molecule has 0 bridgehead atoms. The van der Waals surface area contributed by atoms with Crippen molar-refractivity contribution in [2.75, 3.05) is 19.7 Å². The summed E-state index contributed by atoms with van der Waals surface area (Å²) in [5.41, 5.74) is 1.85. The lowest BCUT2D eigenvalue weighted by Crippen LogP contribution is -2.66. The van der Waals surface area contributed by atoms with E-state index in [9.17, 15) is 14.7 Å². The van der Waals surface area contributed by atoms with Crippen molar-refractivity contribution in [2.24, 2.45) is 50.2 Å². The number of hydrogen-bond acceptors (Lipinski definition) is 7. The Morgan fingerprint density at radius 1 is 0.839 bits per heavy atom. The van der Waals surface area contributed by atoms with Crippen molar-refractivity contribution >= 4 is 17.5 Å². The van der Waals surface area contributed by atoms with Crippen LogP contribution < -0.4 is 5.32 Å². The minimum atomic E-state index is -0.689. The van der Waals surface area contributed by atoms with Gasteiger partial charge in [0.05, 0.1) is 30.8 Å². The predicted molar refractivity (Wildman–Crippen MR) is 220 cm³/mol. The quantitative estimate of drug-likeness (QED) is 0.220. The van der Waals surface area contributed by atoms with Gasteiger partial charge in [0.2, 0.25) is 0 Å². The van der Waals surface area contributed by atoms with E-state index in [1.165, 1.54) is 12.5 Å². The Balaban J connectivity index is 1.13. The molecular weight excluding hydrogens is 699 g/mol. The number of benzene rings is 2. The Morgan fingerprint density at radius 3 is 2.09 bits per heavy atom. The fraction of sp³-hybridized carbons (Fsp3) is 0.653. The predicted octanol–water partition coefficient (Wildman–Crippen LogP) is 9.22. The van der Waals surface area contributed by atoms with Crippen LogP contribution in [0.3, 0.4) is 0 Å². The molecule has 10 atom stereocenters. The molecule has 0 saturated heterocycles. The zero-order chi connectivity index (χ0) is 40.3. The molecule has 0 aliphatic heterocycles. The summed E-state index contributed by atoms with van der Waals surface area (Å²) in [6.07, 6.45) is 9.20. The SMILES string of the molecule is CC(=O)CNCC(O)CO[C@H]1CC[C@]2(C)[C@H]3C(=O)C=C4[C@@H]5C[C@@](C)(C(=O)OC(c6ccccc6)c6ccccc6)CC[C@]5(C)CC[C@@]4(C)[C@]3(C)CC[C@H]2C1(C)C. The number of nitrogens with one attached hydrogen (secondary N) is 1. The Hall–Kier alpha value is -3.13. The highest BCUT2D eigenvalue weighted by Gasteiger charge is 2.70. The smallest absolute Gasteiger partial charge is 0.312 e. The van der Waals surface area contributed by atoms with Gasteiger partial charge in [0.25, 0.3) is 0 Å². The zero-order valence-corrected chi connectivity index (χ0v) is 35.3. The molecule has 0 aromatic heterocycles. The number of rotatable bonds is 11. The molecule has 2 aromatic carbocycles. The van der Waals surface area contributed by atoms with E-state index >= 15 is 4.79 Å². The number of carbonyl (C=O) groups excluding carboxylic acids is 3. The fourth-order valence-corrected chi connectivity index (χ4v) is 13.2. The Kier molecular flexibility index (Phi) is 10.9. The summed E-state index contributed by atoms with van der Waals surface area (Å²) >= 11 is 0. The van der Waals surface area contributed by atoms with Crippen LogP contribution in [0.4, 0.5) is 0 Å². The largest absolute Gasteiger partial charge is 0.452 e. The van der Waals surface area contributed by atoms with Gasteiger partial charge in [-0.3, -0.25) is 14.4 Å². The molecule has 0 amide bonds. The minimum Gasteiger partial charge on any atom is -0.452 e. The Morgan fingerprint density at radius 2 is 1.46 bits per heavy atom. The number of hydrogen-bond donors (Lipinski definition) is 2. The van der Waals surface area contributed by atoms with Crippen molar-refractivity contribution in [2.45, 2.75) is 131 Å². The van der Waals surface area contributed by atoms with Gasteiger partial charge in [-0.15, -0.1) is 0 Å². The lowest BCUT2D eigenvalue weighted by Gasteiger charge is -2.70. The summed E-state index contributed by atoms with van der Waals surface area (Å²) in [6.45, 7) is 18.8. The summed E-state index contributed by atoms with van der Waals surface area (Å²) < 4.78 is 13.0. The number of ether oxygens (including phenoxy) is 2. The molecular formula is C49H67NO6. The van der Waals surface area contributed by atoms with E-state index in [1.54, 1.807) is 0 Å². The molecule has 7 heteroatoms. The molecule has 2 aromatic rings. The molecule has 0 spiro atoms. The van der Waals surface area contributed by atoms with E-state index in [4.69, 9.17) is 9.47 Å². The summed E-state index contributed by atoms with van der Waals surface area (Å²) in [5.74, 6) is 0.506. The van der Waals surface area contributed by atoms with E-state index in [2.05, 4.69) is 59.9 Å². The van der Waals surface area contributed by atoms with Crippen molar-refractivity contribution < 1.29 is 29.0 Å². The van der Waals surface area contributed by atoms with Crippen LogP contribution in [0.25, 0.3) is 0 Å². The third kappa shape index (κ3) is 6.85. The molecule has 0 heterocycles. The van der Waals surface area contributed by atoms with Gasteiger partial charge in [0.15, 0.2) is 11.9 Å². The van der Waals surface area contributed by atoms with Crippen LogP contribution in [0, 0.1) is 50.2 Å². The van der Waals surface area contributed by atoms with Gasteiger partial charge in [0.1, 0.15) is 5.78 Å². The number of allylic oxidation sites excluding steroid dienone is 2. The average molecular weight is 766 g/mol. The molecule has 5 aliphatic carbocycles. The maximum atomic E-state index is 15.0. The van der Waals surface area contributed by atoms with Gasteiger partial charge in [0, 0.05) is 12.5 Å². The molecule has 5 aliphatic rings. The van der Waals surface area contributed by atoms with Crippen LogP contribution in [0.2, 0.25) is 0 Å². The second-order valence-electron chi connectivity index (χ2n) is 20.5. The second-order valence-corrected chi connectivity index (χ2v) is 20.5. The zero-order valence-electron chi connectivity index (χ0n) is 35.3. The first kappa shape index (κ1) is 41.0. The third-order valence-electron chi connectivity index (χ3n) is 16.7. The lowest BCUT2D eigenvalue weighted by atomic mass is 9.33. The van der Waals surface area contributed by atoms with Crippen LogP contribution in [-0.4, -0.2) is 54.5 Å². The second kappa shape index (κ2) is 14.9. The number of fused-ring (bicyclic) bond motifs is 7. The monoisotopic (exact) mass is 765 g/mol. The standard InChI is InChI=1S/C49H67NO6/c1-32(51)29-50-30-35(52)31-55-40-20-21-47(6)39(44(40,2)3)19-22-49(8)42(47)38(53)27-36-37-28-46(5,24-23-45(37,4)25-26-48(36,49)7)43(54)56-41(33-15-11-9-12-16-33)34-17-13-10-14-18-34/h9-18,27,35,37,39-42,50,52H,19-26,28-31H2,1-8H3/t35?,37-,39-,40-,42+,45+,46-,47-,48+,49+/m0/s1. The summed E-state index contributed by atoms with van der Waals surface area (Å²) in [5, 5.41) is 13.6. The number of carbonyl (C=O) groups is 3. The van der Waals surface area contributed by atoms with Gasteiger partial charge < -0.3 is 19.9 Å². The molecule has 2 N–H and O–H groups in total. The van der Waals surface area contributed by atoms with E-state index < -0.39 is 17.6 Å². The number of aliphatic hydroxyl groups excluding tert-OH is 1. The first-order valence-electron chi connectivity index (χ1n) is 21.4. The average Bonchev–Trinajstić information content (AvgIpc) is 3.15. The van der Waals surface area contributed by atoms with Crippen molar-refractivity contribution in [3.8, 4) is 0 Å². The van der Waals surface area contributed by atoms with Crippen LogP contribution in [-0.2, 0) is 23.9 Å². The van der Waals surface area contributed by atoms with Crippen molar-refractivity contribution in [1.29, 1.82) is 0 Å². The number of aliphatic hydroxyl groups is 1. The van der Waals surface area contributed by atoms with Gasteiger partial charge in [-0.2, -0.15) is 0 Å². The summed E-state index contributed by atoms with van der Waals surface area (Å²) in [4.78, 5) is 40.9. The Bertz CT molecular complexity index is 1780. The van der Waals surface area contributed by atoms with Crippen molar-refractivity contribution in [3.05, 3.63) is 83.4 Å². The lowest BCUT2D eigenvalue weighted by molar-refractivity contribution is -0.212. The maximum absolute atomic E-state index is 15.0. The number of ketones is 2. The van der Waals surface area contributed by atoms with Gasteiger partial charge in [-0.05, 0) is 128 Å². The molecule has 0 radical (unpaired) electrons. The van der Waals surface area contributed by atoms with Gasteiger partial charge in [-0.25, -0.2) is 0 Å². The maximum Gasteiger partial charge on any atom is 0.312 e. The molecule has 4 saturated carbocycles. The van der Waals surface area contributed by atoms with Crippen molar-refractivity contribution in [1.82, 2.24) is 5.32 Å². The van der Waals surface area contributed by atoms with Crippen molar-refractivity contribution in [3.63, 3.8) is 0 Å². The van der Waals surface area contributed by atoms with Gasteiger partial charge >= 0.3 is 5.97 Å². The number of esters is 1. The highest BCUT2D eigenvalue weighted by atomic mass is 16.5. The summed E-state index contributed by atoms with van der Waals surface area (Å²) in [6, 6.07) is 20.1. The highest BCUT2D eigenvalue weighted by Crippen LogP contribution is 2.75.